The van der Waals surface area contributed by atoms with Crippen molar-refractivity contribution in [2.24, 2.45) is 0 Å². The Morgan fingerprint density at radius 1 is 1.15 bits per heavy atom. The van der Waals surface area contributed by atoms with Crippen LogP contribution in [0, 0.1) is 0 Å². The fraction of sp³-hybridized carbons (Fsp3) is 0.625. The Labute approximate surface area is 138 Å². The Balaban J connectivity index is 1.84. The number of hydrogen-bond acceptors (Lipinski definition) is 2. The van der Waals surface area contributed by atoms with Gasteiger partial charge in [-0.15, -0.1) is 0 Å². The Bertz CT molecular complexity index is 409. The highest BCUT2D eigenvalue weighted by Gasteiger charge is 2.20. The van der Waals surface area contributed by atoms with Crippen LogP contribution in [0.15, 0.2) is 21.1 Å². The largest absolute Gasteiger partial charge is 0.491 e. The summed E-state index contributed by atoms with van der Waals surface area (Å²) in [7, 11) is 0. The first-order chi connectivity index (χ1) is 9.70. The predicted octanol–water partition coefficient (Wildman–Crippen LogP) is 5.42. The summed E-state index contributed by atoms with van der Waals surface area (Å²) in [4.78, 5) is 0. The smallest absolute Gasteiger partial charge is 0.147 e. The van der Waals surface area contributed by atoms with Crippen LogP contribution in [0.25, 0.3) is 0 Å². The second kappa shape index (κ2) is 8.40. The normalized spacial score (nSPS) is 14.6. The molecule has 0 heterocycles. The quantitative estimate of drug-likeness (QED) is 0.554. The third kappa shape index (κ3) is 5.38. The lowest BCUT2D eigenvalue weighted by molar-refractivity contribution is 0.301. The van der Waals surface area contributed by atoms with E-state index in [1.165, 1.54) is 37.7 Å². The van der Waals surface area contributed by atoms with Gasteiger partial charge in [0.25, 0.3) is 0 Å². The van der Waals surface area contributed by atoms with Gasteiger partial charge in [-0.2, -0.15) is 0 Å². The minimum Gasteiger partial charge on any atom is -0.491 e. The maximum absolute atomic E-state index is 5.89. The molecule has 0 saturated heterocycles. The van der Waals surface area contributed by atoms with Crippen LogP contribution >= 0.6 is 31.9 Å². The van der Waals surface area contributed by atoms with Crippen LogP contribution in [0.3, 0.4) is 0 Å². The molecule has 2 nitrogen and oxygen atoms in total. The van der Waals surface area contributed by atoms with E-state index >= 15 is 0 Å². The van der Waals surface area contributed by atoms with Gasteiger partial charge in [0, 0.05) is 12.6 Å². The zero-order valence-electron chi connectivity index (χ0n) is 12.1. The van der Waals surface area contributed by atoms with E-state index in [1.807, 2.05) is 0 Å². The van der Waals surface area contributed by atoms with Crippen molar-refractivity contribution in [2.75, 3.05) is 6.61 Å². The third-order valence-electron chi connectivity index (χ3n) is 3.47. The Hall–Kier alpha value is -0.0600. The number of nitrogens with one attached hydrogen (secondary N) is 1. The maximum atomic E-state index is 5.89. The van der Waals surface area contributed by atoms with Crippen molar-refractivity contribution in [1.29, 1.82) is 0 Å². The molecule has 0 amide bonds. The van der Waals surface area contributed by atoms with Gasteiger partial charge in [-0.1, -0.05) is 26.2 Å². The Morgan fingerprint density at radius 2 is 1.85 bits per heavy atom. The molecule has 0 radical (unpaired) electrons. The second-order valence-corrected chi connectivity index (χ2v) is 7.16. The second-order valence-electron chi connectivity index (χ2n) is 5.45. The highest BCUT2D eigenvalue weighted by Crippen LogP contribution is 2.35. The molecule has 1 fully saturated rings. The highest BCUT2D eigenvalue weighted by atomic mass is 79.9. The zero-order valence-corrected chi connectivity index (χ0v) is 15.2. The van der Waals surface area contributed by atoms with Crippen LogP contribution < -0.4 is 10.1 Å². The number of unbranched alkanes of at least 4 members (excludes halogenated alkanes) is 3. The molecule has 2 rings (SSSR count). The maximum Gasteiger partial charge on any atom is 0.147 e. The molecule has 4 heteroatoms. The standard InChI is InChI=1S/C16H23Br2NO/c1-2-3-4-5-8-20-16-14(17)9-12(10-15(16)18)11-19-13-6-7-13/h9-10,13,19H,2-8,11H2,1H3. The minimum atomic E-state index is 0.738. The molecular formula is C16H23Br2NO. The van der Waals surface area contributed by atoms with Gasteiger partial charge < -0.3 is 10.1 Å². The fourth-order valence-corrected chi connectivity index (χ4v) is 3.62. The highest BCUT2D eigenvalue weighted by molar-refractivity contribution is 9.11. The molecule has 0 bridgehead atoms. The molecule has 1 aromatic rings. The summed E-state index contributed by atoms with van der Waals surface area (Å²) < 4.78 is 7.97. The first kappa shape index (κ1) is 16.3. The molecule has 0 aliphatic heterocycles. The lowest BCUT2D eigenvalue weighted by atomic mass is 10.2. The SMILES string of the molecule is CCCCCCOc1c(Br)cc(CNC2CC2)cc1Br. The number of benzene rings is 1. The zero-order chi connectivity index (χ0) is 14.4. The Morgan fingerprint density at radius 3 is 2.45 bits per heavy atom. The van der Waals surface area contributed by atoms with E-state index in [0.29, 0.717) is 0 Å². The van der Waals surface area contributed by atoms with E-state index in [9.17, 15) is 0 Å². The van der Waals surface area contributed by atoms with Crippen LogP contribution in [0.2, 0.25) is 0 Å². The van der Waals surface area contributed by atoms with Crippen LogP contribution in [0.1, 0.15) is 51.0 Å². The minimum absolute atomic E-state index is 0.738. The average Bonchev–Trinajstić information content (AvgIpc) is 3.23. The molecule has 1 aliphatic carbocycles. The molecule has 1 aromatic carbocycles. The van der Waals surface area contributed by atoms with E-state index < -0.39 is 0 Å². The molecular weight excluding hydrogens is 382 g/mol. The summed E-state index contributed by atoms with van der Waals surface area (Å²) in [6.07, 6.45) is 7.56. The number of ether oxygens (including phenoxy) is 1. The van der Waals surface area contributed by atoms with Gasteiger partial charge in [0.2, 0.25) is 0 Å². The van der Waals surface area contributed by atoms with Crippen LogP contribution in [0.5, 0.6) is 5.75 Å². The lowest BCUT2D eigenvalue weighted by Gasteiger charge is -2.12. The van der Waals surface area contributed by atoms with Crippen molar-refractivity contribution in [3.8, 4) is 5.75 Å². The van der Waals surface area contributed by atoms with Gasteiger partial charge in [0.1, 0.15) is 5.75 Å². The summed E-state index contributed by atoms with van der Waals surface area (Å²) >= 11 is 7.24. The first-order valence-electron chi connectivity index (χ1n) is 7.54. The van der Waals surface area contributed by atoms with E-state index in [2.05, 4.69) is 56.2 Å². The van der Waals surface area contributed by atoms with Crippen molar-refractivity contribution in [3.63, 3.8) is 0 Å². The molecule has 0 aromatic heterocycles. The van der Waals surface area contributed by atoms with Crippen LogP contribution in [0.4, 0.5) is 0 Å². The van der Waals surface area contributed by atoms with Crippen LogP contribution in [-0.2, 0) is 6.54 Å². The van der Waals surface area contributed by atoms with Crippen molar-refractivity contribution in [2.45, 2.75) is 58.0 Å². The van der Waals surface area contributed by atoms with Gasteiger partial charge in [-0.05, 0) is 68.8 Å². The van der Waals surface area contributed by atoms with Crippen molar-refractivity contribution in [3.05, 3.63) is 26.6 Å². The molecule has 0 atom stereocenters. The number of rotatable bonds is 9. The van der Waals surface area contributed by atoms with Gasteiger partial charge in [-0.25, -0.2) is 0 Å². The van der Waals surface area contributed by atoms with E-state index in [-0.39, 0.29) is 0 Å². The fourth-order valence-electron chi connectivity index (χ4n) is 2.11. The summed E-state index contributed by atoms with van der Waals surface area (Å²) in [5, 5.41) is 3.53. The topological polar surface area (TPSA) is 21.3 Å². The van der Waals surface area contributed by atoms with Gasteiger partial charge >= 0.3 is 0 Å². The first-order valence-corrected chi connectivity index (χ1v) is 9.13. The van der Waals surface area contributed by atoms with E-state index in [1.54, 1.807) is 0 Å². The average molecular weight is 405 g/mol. The summed E-state index contributed by atoms with van der Waals surface area (Å²) in [5.74, 6) is 0.927. The molecule has 1 N–H and O–H groups in total. The number of halogens is 2. The van der Waals surface area contributed by atoms with Crippen molar-refractivity contribution < 1.29 is 4.74 Å². The van der Waals surface area contributed by atoms with Crippen LogP contribution in [-0.4, -0.2) is 12.6 Å². The molecule has 0 spiro atoms. The molecule has 20 heavy (non-hydrogen) atoms. The van der Waals surface area contributed by atoms with Gasteiger partial charge in [0.15, 0.2) is 0 Å². The van der Waals surface area contributed by atoms with Gasteiger partial charge in [0.05, 0.1) is 15.6 Å². The van der Waals surface area contributed by atoms with Crippen molar-refractivity contribution >= 4 is 31.9 Å². The lowest BCUT2D eigenvalue weighted by Crippen LogP contribution is -2.15. The monoisotopic (exact) mass is 403 g/mol. The molecule has 1 aliphatic rings. The molecule has 112 valence electrons. The summed E-state index contributed by atoms with van der Waals surface area (Å²) in [6, 6.07) is 5.05. The summed E-state index contributed by atoms with van der Waals surface area (Å²) in [6.45, 7) is 3.94. The Kier molecular flexibility index (Phi) is 6.85. The number of hydrogen-bond donors (Lipinski definition) is 1. The van der Waals surface area contributed by atoms with E-state index in [0.717, 1.165) is 40.3 Å². The predicted molar refractivity (Wildman–Crippen MR) is 91.3 cm³/mol. The van der Waals surface area contributed by atoms with Crippen molar-refractivity contribution in [1.82, 2.24) is 5.32 Å². The molecule has 1 saturated carbocycles. The molecule has 0 unspecified atom stereocenters. The van der Waals surface area contributed by atoms with Gasteiger partial charge in [-0.3, -0.25) is 0 Å². The van der Waals surface area contributed by atoms with E-state index in [4.69, 9.17) is 4.74 Å². The third-order valence-corrected chi connectivity index (χ3v) is 4.65. The summed E-state index contributed by atoms with van der Waals surface area (Å²) in [5.41, 5.74) is 1.29.